The lowest BCUT2D eigenvalue weighted by molar-refractivity contribution is -0.384. The van der Waals surface area contributed by atoms with E-state index < -0.39 is 28.9 Å². The molecular weight excluding hydrogens is 360 g/mol. The second-order valence-corrected chi connectivity index (χ2v) is 6.24. The molecule has 2 atom stereocenters. The minimum atomic E-state index is -0.765. The van der Waals surface area contributed by atoms with Gasteiger partial charge in [0.15, 0.2) is 0 Å². The van der Waals surface area contributed by atoms with Crippen molar-refractivity contribution < 1.29 is 24.7 Å². The van der Waals surface area contributed by atoms with E-state index in [1.54, 1.807) is 0 Å². The number of benzene rings is 1. The third kappa shape index (κ3) is 4.08. The molecule has 1 aliphatic rings. The fourth-order valence-electron chi connectivity index (χ4n) is 3.00. The monoisotopic (exact) mass is 378 g/mol. The fraction of sp³-hybridized carbons (Fsp3) is 0.375. The predicted octanol–water partition coefficient (Wildman–Crippen LogP) is 0.562. The number of aliphatic hydroxyl groups is 1. The van der Waals surface area contributed by atoms with E-state index in [0.29, 0.717) is 5.56 Å². The highest BCUT2D eigenvalue weighted by Gasteiger charge is 2.36. The summed E-state index contributed by atoms with van der Waals surface area (Å²) in [7, 11) is 0. The molecule has 3 N–H and O–H groups in total. The third-order valence-corrected chi connectivity index (χ3v) is 4.38. The van der Waals surface area contributed by atoms with Crippen LogP contribution in [0.3, 0.4) is 0 Å². The van der Waals surface area contributed by atoms with Crippen molar-refractivity contribution in [2.75, 3.05) is 6.54 Å². The Morgan fingerprint density at radius 3 is 2.67 bits per heavy atom. The summed E-state index contributed by atoms with van der Waals surface area (Å²) in [6, 6.07) is 5.07. The minimum Gasteiger partial charge on any atom is -0.493 e. The van der Waals surface area contributed by atoms with Gasteiger partial charge in [-0.15, -0.1) is 0 Å². The van der Waals surface area contributed by atoms with Crippen LogP contribution in [-0.4, -0.2) is 54.4 Å². The summed E-state index contributed by atoms with van der Waals surface area (Å²) in [4.78, 5) is 37.8. The number of nitro groups is 1. The van der Waals surface area contributed by atoms with Gasteiger partial charge in [0.05, 0.1) is 36.4 Å². The Hall–Kier alpha value is -3.34. The van der Waals surface area contributed by atoms with Crippen molar-refractivity contribution in [3.8, 4) is 5.88 Å². The number of non-ortho nitro benzene ring substituents is 1. The van der Waals surface area contributed by atoms with Crippen molar-refractivity contribution in [3.05, 3.63) is 56.6 Å². The molecule has 11 heteroatoms. The molecule has 0 unspecified atom stereocenters. The lowest BCUT2D eigenvalue weighted by atomic mass is 10.2. The summed E-state index contributed by atoms with van der Waals surface area (Å²) in [6.45, 7) is -0.0347. The maximum atomic E-state index is 12.4. The Labute approximate surface area is 152 Å². The van der Waals surface area contributed by atoms with Gasteiger partial charge in [-0.05, 0) is 24.1 Å². The molecule has 0 bridgehead atoms. The Morgan fingerprint density at radius 1 is 1.37 bits per heavy atom. The molecule has 2 heterocycles. The second kappa shape index (κ2) is 7.50. The number of hydrogen-bond donors (Lipinski definition) is 3. The molecule has 1 aromatic heterocycles. The molecule has 1 amide bonds. The van der Waals surface area contributed by atoms with Gasteiger partial charge in [0.2, 0.25) is 5.88 Å². The summed E-state index contributed by atoms with van der Waals surface area (Å²) in [6.07, 6.45) is -0.0639. The number of nitrogens with zero attached hydrogens (tertiary/aromatic N) is 3. The minimum absolute atomic E-state index is 0.0118. The molecule has 0 spiro atoms. The van der Waals surface area contributed by atoms with Crippen molar-refractivity contribution in [3.63, 3.8) is 0 Å². The molecule has 11 nitrogen and oxygen atoms in total. The first kappa shape index (κ1) is 18.5. The van der Waals surface area contributed by atoms with Gasteiger partial charge >= 0.3 is 11.8 Å². The zero-order chi connectivity index (χ0) is 19.6. The Kier molecular flexibility index (Phi) is 5.12. The summed E-state index contributed by atoms with van der Waals surface area (Å²) in [5.74, 6) is -0.263. The van der Waals surface area contributed by atoms with Gasteiger partial charge in [-0.2, -0.15) is 0 Å². The molecule has 1 fully saturated rings. The number of hydrogen-bond acceptors (Lipinski definition) is 7. The molecule has 1 aliphatic heterocycles. The number of ether oxygens (including phenoxy) is 1. The normalized spacial score (nSPS) is 19.2. The Bertz CT molecular complexity index is 889. The average molecular weight is 378 g/mol. The summed E-state index contributed by atoms with van der Waals surface area (Å²) in [5.41, 5.74) is -0.0117. The van der Waals surface area contributed by atoms with Crippen LogP contribution >= 0.6 is 0 Å². The SMILES string of the molecule is O=C(OCc1ccc([N+](=O)[O-])cc1)N1C[C@H](O)C[C@H]1Cn1c(O)c[nH]c1=O. The standard InChI is InChI=1S/C16H18N4O7/c21-13-5-12(7-19-14(22)6-17-15(19)23)18(8-13)16(24)27-9-10-1-3-11(4-2-10)20(25)26/h1-4,6,12-13,21-22H,5,7-9H2,(H,17,23)/t12-,13+/m0/s1. The number of aromatic hydroxyl groups is 1. The van der Waals surface area contributed by atoms with E-state index in [1.165, 1.54) is 29.2 Å². The van der Waals surface area contributed by atoms with Crippen molar-refractivity contribution >= 4 is 11.8 Å². The fourth-order valence-corrected chi connectivity index (χ4v) is 3.00. The molecule has 27 heavy (non-hydrogen) atoms. The number of aromatic amines is 1. The first-order valence-electron chi connectivity index (χ1n) is 8.17. The van der Waals surface area contributed by atoms with Gasteiger partial charge in [0.1, 0.15) is 6.61 Å². The van der Waals surface area contributed by atoms with Gasteiger partial charge in [0.25, 0.3) is 5.69 Å². The highest BCUT2D eigenvalue weighted by Crippen LogP contribution is 2.22. The molecule has 3 rings (SSSR count). The smallest absolute Gasteiger partial charge is 0.410 e. The van der Waals surface area contributed by atoms with Crippen LogP contribution in [-0.2, 0) is 17.9 Å². The predicted molar refractivity (Wildman–Crippen MR) is 91.1 cm³/mol. The van der Waals surface area contributed by atoms with Gasteiger partial charge in [-0.3, -0.25) is 14.7 Å². The molecule has 144 valence electrons. The van der Waals surface area contributed by atoms with Crippen LogP contribution in [0.2, 0.25) is 0 Å². The number of nitro benzene ring substituents is 1. The first-order valence-corrected chi connectivity index (χ1v) is 8.17. The van der Waals surface area contributed by atoms with Gasteiger partial charge < -0.3 is 24.8 Å². The zero-order valence-corrected chi connectivity index (χ0v) is 14.1. The van der Waals surface area contributed by atoms with Crippen LogP contribution in [0.25, 0.3) is 0 Å². The summed E-state index contributed by atoms with van der Waals surface area (Å²) >= 11 is 0. The lowest BCUT2D eigenvalue weighted by Crippen LogP contribution is -2.40. The molecule has 0 aliphatic carbocycles. The number of rotatable bonds is 5. The molecule has 0 radical (unpaired) electrons. The number of aliphatic hydroxyl groups excluding tert-OH is 1. The number of likely N-dealkylation sites (tertiary alicyclic amines) is 1. The van der Waals surface area contributed by atoms with E-state index in [2.05, 4.69) is 4.98 Å². The van der Waals surface area contributed by atoms with Crippen LogP contribution in [0.4, 0.5) is 10.5 Å². The quantitative estimate of drug-likeness (QED) is 0.508. The lowest BCUT2D eigenvalue weighted by Gasteiger charge is -2.24. The highest BCUT2D eigenvalue weighted by atomic mass is 16.6. The van der Waals surface area contributed by atoms with Gasteiger partial charge in [-0.25, -0.2) is 9.59 Å². The van der Waals surface area contributed by atoms with Crippen molar-refractivity contribution in [1.29, 1.82) is 0 Å². The second-order valence-electron chi connectivity index (χ2n) is 6.24. The number of carbonyl (C=O) groups is 1. The third-order valence-electron chi connectivity index (χ3n) is 4.38. The maximum Gasteiger partial charge on any atom is 0.410 e. The molecule has 1 saturated heterocycles. The molecule has 2 aromatic rings. The number of carbonyl (C=O) groups excluding carboxylic acids is 1. The topological polar surface area (TPSA) is 151 Å². The van der Waals surface area contributed by atoms with E-state index >= 15 is 0 Å². The maximum absolute atomic E-state index is 12.4. The van der Waals surface area contributed by atoms with Crippen molar-refractivity contribution in [2.45, 2.75) is 31.7 Å². The number of imidazole rings is 1. The van der Waals surface area contributed by atoms with Gasteiger partial charge in [-0.1, -0.05) is 0 Å². The van der Waals surface area contributed by atoms with Crippen LogP contribution in [0.5, 0.6) is 5.88 Å². The zero-order valence-electron chi connectivity index (χ0n) is 14.1. The number of β-amino-alcohol motifs (C(OH)–C–C–N with tert-alkyl or cyclic N) is 1. The number of H-pyrrole nitrogens is 1. The van der Waals surface area contributed by atoms with E-state index in [-0.39, 0.29) is 37.7 Å². The number of amides is 1. The average Bonchev–Trinajstić information content (AvgIpc) is 3.17. The van der Waals surface area contributed by atoms with E-state index in [4.69, 9.17) is 4.74 Å². The Balaban J connectivity index is 1.63. The van der Waals surface area contributed by atoms with E-state index in [0.717, 1.165) is 10.8 Å². The molecule has 1 aromatic carbocycles. The Morgan fingerprint density at radius 2 is 2.07 bits per heavy atom. The van der Waals surface area contributed by atoms with Crippen molar-refractivity contribution in [2.24, 2.45) is 0 Å². The largest absolute Gasteiger partial charge is 0.493 e. The van der Waals surface area contributed by atoms with E-state index in [9.17, 15) is 29.9 Å². The van der Waals surface area contributed by atoms with Crippen LogP contribution in [0.1, 0.15) is 12.0 Å². The summed E-state index contributed by atoms with van der Waals surface area (Å²) in [5, 5.41) is 30.2. The summed E-state index contributed by atoms with van der Waals surface area (Å²) < 4.78 is 6.29. The van der Waals surface area contributed by atoms with Crippen LogP contribution in [0.15, 0.2) is 35.3 Å². The van der Waals surface area contributed by atoms with Crippen LogP contribution < -0.4 is 5.69 Å². The van der Waals surface area contributed by atoms with Crippen LogP contribution in [0, 0.1) is 10.1 Å². The molecule has 0 saturated carbocycles. The highest BCUT2D eigenvalue weighted by molar-refractivity contribution is 5.68. The molecular formula is C16H18N4O7. The number of aromatic nitrogens is 2. The first-order chi connectivity index (χ1) is 12.8. The van der Waals surface area contributed by atoms with Crippen molar-refractivity contribution in [1.82, 2.24) is 14.5 Å². The number of nitrogens with one attached hydrogen (secondary N) is 1. The van der Waals surface area contributed by atoms with E-state index in [1.807, 2.05) is 0 Å². The van der Waals surface area contributed by atoms with Gasteiger partial charge in [0, 0.05) is 12.1 Å².